The molecule has 0 fully saturated rings. The molecule has 0 nitrogen and oxygen atoms in total. The van der Waals surface area contributed by atoms with Crippen LogP contribution in [-0.4, -0.2) is 3.21 Å². The number of hydrogen-bond acceptors (Lipinski definition) is 0. The Labute approximate surface area is 322 Å². The zero-order chi connectivity index (χ0) is 33.6. The predicted octanol–water partition coefficient (Wildman–Crippen LogP) is 5.84. The van der Waals surface area contributed by atoms with Gasteiger partial charge in [-0.05, 0) is 17.4 Å². The maximum atomic E-state index is 3.53. The van der Waals surface area contributed by atoms with Gasteiger partial charge < -0.3 is 24.8 Å². The molecule has 0 atom stereocenters. The number of rotatable bonds is 3. The average molecular weight is 761 g/mol. The van der Waals surface area contributed by atoms with E-state index in [0.717, 1.165) is 6.42 Å². The molecule has 250 valence electrons. The Bertz CT molecular complexity index is 1820. The Morgan fingerprint density at radius 2 is 1.12 bits per heavy atom. The van der Waals surface area contributed by atoms with Gasteiger partial charge in [0, 0.05) is 0 Å². The Morgan fingerprint density at radius 3 is 1.61 bits per heavy atom. The number of halogens is 2. The minimum absolute atomic E-state index is 0. The van der Waals surface area contributed by atoms with Gasteiger partial charge in [-0.25, -0.2) is 6.07 Å². The van der Waals surface area contributed by atoms with Gasteiger partial charge >= 0.3 is 99.2 Å². The van der Waals surface area contributed by atoms with Crippen LogP contribution in [0.5, 0.6) is 0 Å². The summed E-state index contributed by atoms with van der Waals surface area (Å²) >= 11 is 1.46. The SMILES string of the molecule is CC(C)(C)c1c[c-]c2c(c1)-c1cc(C(C)(C)C)ccc1C2.Cc1cc(-c2ccccc2)c[cH-]1.[Cl-].[Cl-].[Zr+2]=[C](c1ccccc1)c1ccccc1. The molecule has 0 aliphatic heterocycles. The molecule has 3 heteroatoms. The van der Waals surface area contributed by atoms with Crippen molar-refractivity contribution in [3.63, 3.8) is 0 Å². The van der Waals surface area contributed by atoms with Crippen LogP contribution in [0.15, 0.2) is 140 Å². The number of fused-ring (bicyclic) bond motifs is 3. The van der Waals surface area contributed by atoms with Crippen LogP contribution >= 0.6 is 0 Å². The third kappa shape index (κ3) is 10.6. The Morgan fingerprint density at radius 1 is 0.612 bits per heavy atom. The molecule has 1 aliphatic rings. The molecule has 0 saturated heterocycles. The van der Waals surface area contributed by atoms with Crippen LogP contribution in [0.4, 0.5) is 0 Å². The van der Waals surface area contributed by atoms with Crippen molar-refractivity contribution >= 4 is 3.21 Å². The van der Waals surface area contributed by atoms with Gasteiger partial charge in [-0.15, -0.1) is 5.56 Å². The maximum absolute atomic E-state index is 3.53. The number of benzene rings is 5. The molecule has 0 N–H and O–H groups in total. The summed E-state index contributed by atoms with van der Waals surface area (Å²) in [7, 11) is 0. The van der Waals surface area contributed by atoms with Crippen molar-refractivity contribution in [1.82, 2.24) is 0 Å². The van der Waals surface area contributed by atoms with Crippen molar-refractivity contribution in [3.8, 4) is 22.3 Å². The summed E-state index contributed by atoms with van der Waals surface area (Å²) in [6, 6.07) is 53.1. The quantitative estimate of drug-likeness (QED) is 0.199. The van der Waals surface area contributed by atoms with Crippen molar-refractivity contribution in [2.24, 2.45) is 0 Å². The molecule has 0 heterocycles. The van der Waals surface area contributed by atoms with E-state index in [1.807, 2.05) is 6.07 Å². The fraction of sp³-hybridized carbons (Fsp3) is 0.217. The van der Waals surface area contributed by atoms with E-state index in [-0.39, 0.29) is 35.6 Å². The first kappa shape index (κ1) is 40.2. The molecule has 0 amide bonds. The van der Waals surface area contributed by atoms with Crippen molar-refractivity contribution < 1.29 is 49.0 Å². The Balaban J connectivity index is 0.000000204. The molecule has 0 saturated carbocycles. The van der Waals surface area contributed by atoms with Gasteiger partial charge in [0.05, 0.1) is 0 Å². The molecular weight excluding hydrogens is 715 g/mol. The topological polar surface area (TPSA) is 0 Å². The molecule has 0 spiro atoms. The van der Waals surface area contributed by atoms with E-state index in [4.69, 9.17) is 0 Å². The first-order chi connectivity index (χ1) is 22.4. The third-order valence-electron chi connectivity index (χ3n) is 8.67. The molecule has 7 rings (SSSR count). The zero-order valence-electron chi connectivity index (χ0n) is 29.7. The summed E-state index contributed by atoms with van der Waals surface area (Å²) in [5, 5.41) is 0. The number of hydrogen-bond donors (Lipinski definition) is 0. The fourth-order valence-corrected chi connectivity index (χ4v) is 6.55. The molecule has 0 unspecified atom stereocenters. The third-order valence-corrected chi connectivity index (χ3v) is 10.1. The molecule has 0 radical (unpaired) electrons. The van der Waals surface area contributed by atoms with Gasteiger partial charge in [0.1, 0.15) is 0 Å². The van der Waals surface area contributed by atoms with Crippen LogP contribution in [0.2, 0.25) is 0 Å². The number of aryl methyl sites for hydroxylation is 1. The summed E-state index contributed by atoms with van der Waals surface area (Å²) in [6.07, 6.45) is 1.03. The normalized spacial score (nSPS) is 11.3. The van der Waals surface area contributed by atoms with Crippen molar-refractivity contribution in [2.45, 2.75) is 65.7 Å². The minimum atomic E-state index is 0. The second-order valence-electron chi connectivity index (χ2n) is 14.5. The van der Waals surface area contributed by atoms with Crippen LogP contribution < -0.4 is 24.8 Å². The second kappa shape index (κ2) is 17.6. The van der Waals surface area contributed by atoms with Crippen molar-refractivity contribution in [2.75, 3.05) is 0 Å². The molecule has 0 aromatic heterocycles. The van der Waals surface area contributed by atoms with Crippen LogP contribution in [0.25, 0.3) is 22.3 Å². The molecule has 6 aromatic rings. The molecule has 49 heavy (non-hydrogen) atoms. The van der Waals surface area contributed by atoms with Crippen LogP contribution in [0.1, 0.15) is 80.5 Å². The van der Waals surface area contributed by atoms with E-state index < -0.39 is 0 Å². The van der Waals surface area contributed by atoms with Gasteiger partial charge in [0.25, 0.3) is 0 Å². The second-order valence-corrected chi connectivity index (χ2v) is 15.7. The summed E-state index contributed by atoms with van der Waals surface area (Å²) in [4.78, 5) is 0. The standard InChI is InChI=1S/C21H25.C13H10.C12H11.2ClH.Zr/c1-20(2,3)16-9-7-14-11-15-8-10-17(21(4,5)6)13-19(15)18(14)12-16;1-3-7-12(8-4-1)11-13-9-5-2-6-10-13;1-10-7-8-12(9-10)11-5-3-2-4-6-11;;;/h7,9-10,12-13H,11H2,1-6H3;1-10H;2-9H,1H3;2*1H;/q-1;;-1;;;+2/p-2. The first-order valence-corrected chi connectivity index (χ1v) is 17.8. The van der Waals surface area contributed by atoms with Crippen LogP contribution in [0.3, 0.4) is 0 Å². The van der Waals surface area contributed by atoms with Crippen molar-refractivity contribution in [3.05, 3.63) is 185 Å². The average Bonchev–Trinajstić information content (AvgIpc) is 3.68. The van der Waals surface area contributed by atoms with Crippen molar-refractivity contribution in [1.29, 1.82) is 0 Å². The molecule has 1 aliphatic carbocycles. The van der Waals surface area contributed by atoms with Gasteiger partial charge in [-0.3, -0.25) is 0 Å². The van der Waals surface area contributed by atoms with E-state index in [2.05, 4.69) is 188 Å². The first-order valence-electron chi connectivity index (χ1n) is 16.6. The van der Waals surface area contributed by atoms with Gasteiger partial charge in [-0.2, -0.15) is 52.6 Å². The summed E-state index contributed by atoms with van der Waals surface area (Å²) in [5.74, 6) is 0. The van der Waals surface area contributed by atoms with Crippen LogP contribution in [0, 0.1) is 13.0 Å². The van der Waals surface area contributed by atoms with E-state index in [1.165, 1.54) is 88.6 Å². The predicted molar refractivity (Wildman–Crippen MR) is 199 cm³/mol. The van der Waals surface area contributed by atoms with Gasteiger partial charge in [0.15, 0.2) is 0 Å². The van der Waals surface area contributed by atoms with E-state index in [9.17, 15) is 0 Å². The molecule has 6 aromatic carbocycles. The molecule has 0 bridgehead atoms. The molecular formula is C46H46Cl2Zr-2. The monoisotopic (exact) mass is 758 g/mol. The summed E-state index contributed by atoms with van der Waals surface area (Å²) in [6.45, 7) is 15.8. The summed E-state index contributed by atoms with van der Waals surface area (Å²) in [5.41, 5.74) is 15.4. The van der Waals surface area contributed by atoms with Gasteiger partial charge in [-0.1, -0.05) is 119 Å². The van der Waals surface area contributed by atoms with E-state index >= 15 is 0 Å². The van der Waals surface area contributed by atoms with Crippen LogP contribution in [-0.2, 0) is 41.5 Å². The van der Waals surface area contributed by atoms with Gasteiger partial charge in [0.2, 0.25) is 0 Å². The Kier molecular flexibility index (Phi) is 14.5. The Hall–Kier alpha value is -3.22. The fourth-order valence-electron chi connectivity index (χ4n) is 5.73. The van der Waals surface area contributed by atoms with E-state index in [1.54, 1.807) is 0 Å². The summed E-state index contributed by atoms with van der Waals surface area (Å²) < 4.78 is 1.42. The van der Waals surface area contributed by atoms with E-state index in [0.29, 0.717) is 0 Å². The zero-order valence-corrected chi connectivity index (χ0v) is 33.7.